The van der Waals surface area contributed by atoms with Crippen molar-refractivity contribution in [1.29, 1.82) is 0 Å². The number of nitrogens with two attached hydrogens (primary N) is 1. The summed E-state index contributed by atoms with van der Waals surface area (Å²) in [5.74, 6) is -0.703. The predicted octanol–water partition coefficient (Wildman–Crippen LogP) is 2.91. The second kappa shape index (κ2) is 6.01. The molecule has 0 aliphatic carbocycles. The summed E-state index contributed by atoms with van der Waals surface area (Å²) in [5, 5.41) is 8.92. The zero-order valence-corrected chi connectivity index (χ0v) is 11.7. The second-order valence-corrected chi connectivity index (χ2v) is 5.01. The normalized spacial score (nSPS) is 14.3. The van der Waals surface area contributed by atoms with Crippen molar-refractivity contribution in [2.75, 3.05) is 0 Å². The van der Waals surface area contributed by atoms with Crippen LogP contribution in [0.4, 0.5) is 0 Å². The van der Waals surface area contributed by atoms with Gasteiger partial charge in [-0.3, -0.25) is 4.79 Å². The van der Waals surface area contributed by atoms with Crippen LogP contribution in [-0.4, -0.2) is 17.1 Å². The Morgan fingerprint density at radius 2 is 1.89 bits per heavy atom. The maximum absolute atomic E-state index is 10.9. The van der Waals surface area contributed by atoms with Crippen molar-refractivity contribution in [2.45, 2.75) is 52.5 Å². The van der Waals surface area contributed by atoms with Gasteiger partial charge in [-0.25, -0.2) is 0 Å². The molecule has 3 nitrogen and oxygen atoms in total. The quantitative estimate of drug-likeness (QED) is 0.843. The van der Waals surface area contributed by atoms with E-state index in [2.05, 4.69) is 39.8 Å². The highest BCUT2D eigenvalue weighted by molar-refractivity contribution is 5.73. The van der Waals surface area contributed by atoms with Crippen LogP contribution >= 0.6 is 0 Å². The third kappa shape index (κ3) is 3.10. The van der Waals surface area contributed by atoms with Crippen molar-refractivity contribution < 1.29 is 9.90 Å². The Labute approximate surface area is 109 Å². The summed E-state index contributed by atoms with van der Waals surface area (Å²) in [4.78, 5) is 10.9. The molecule has 3 heteroatoms. The topological polar surface area (TPSA) is 63.3 Å². The van der Waals surface area contributed by atoms with Gasteiger partial charge in [0.1, 0.15) is 6.04 Å². The summed E-state index contributed by atoms with van der Waals surface area (Å²) in [5.41, 5.74) is 10.7. The molecule has 3 N–H and O–H groups in total. The molecule has 2 unspecified atom stereocenters. The van der Waals surface area contributed by atoms with Gasteiger partial charge in [-0.15, -0.1) is 0 Å². The van der Waals surface area contributed by atoms with E-state index in [0.29, 0.717) is 6.42 Å². The van der Waals surface area contributed by atoms with Gasteiger partial charge in [0, 0.05) is 0 Å². The fourth-order valence-corrected chi connectivity index (χ4v) is 2.34. The van der Waals surface area contributed by atoms with Crippen LogP contribution in [0.1, 0.15) is 47.9 Å². The van der Waals surface area contributed by atoms with E-state index in [9.17, 15) is 4.79 Å². The lowest BCUT2D eigenvalue weighted by Crippen LogP contribution is -2.32. The molecule has 2 atom stereocenters. The van der Waals surface area contributed by atoms with Gasteiger partial charge in [-0.05, 0) is 61.8 Å². The molecule has 0 saturated heterocycles. The molecule has 1 aromatic carbocycles. The van der Waals surface area contributed by atoms with Crippen molar-refractivity contribution >= 4 is 5.97 Å². The molecule has 0 radical (unpaired) electrons. The number of aliphatic carboxylic acids is 1. The molecule has 0 spiro atoms. The molecule has 1 aromatic rings. The van der Waals surface area contributed by atoms with E-state index in [0.717, 1.165) is 6.42 Å². The number of carbonyl (C=O) groups is 1. The van der Waals surface area contributed by atoms with Gasteiger partial charge in [0.2, 0.25) is 0 Å². The van der Waals surface area contributed by atoms with Crippen molar-refractivity contribution in [1.82, 2.24) is 0 Å². The Morgan fingerprint density at radius 1 is 1.28 bits per heavy atom. The first-order valence-corrected chi connectivity index (χ1v) is 6.43. The number of benzene rings is 1. The molecule has 1 rings (SSSR count). The third-order valence-corrected chi connectivity index (χ3v) is 3.89. The van der Waals surface area contributed by atoms with E-state index in [1.807, 2.05) is 0 Å². The van der Waals surface area contributed by atoms with Gasteiger partial charge in [-0.2, -0.15) is 0 Å². The van der Waals surface area contributed by atoms with Crippen LogP contribution in [0.25, 0.3) is 0 Å². The first kappa shape index (κ1) is 14.7. The Hall–Kier alpha value is -1.35. The van der Waals surface area contributed by atoms with Gasteiger partial charge in [0.05, 0.1) is 0 Å². The van der Waals surface area contributed by atoms with Crippen LogP contribution in [0.3, 0.4) is 0 Å². The van der Waals surface area contributed by atoms with Gasteiger partial charge < -0.3 is 10.8 Å². The fourth-order valence-electron chi connectivity index (χ4n) is 2.34. The number of rotatable bonds is 5. The second-order valence-electron chi connectivity index (χ2n) is 5.01. The molecular weight excluding hydrogens is 226 g/mol. The predicted molar refractivity (Wildman–Crippen MR) is 73.9 cm³/mol. The highest BCUT2D eigenvalue weighted by Crippen LogP contribution is 2.29. The summed E-state index contributed by atoms with van der Waals surface area (Å²) in [6.07, 6.45) is 1.40. The zero-order chi connectivity index (χ0) is 13.9. The third-order valence-electron chi connectivity index (χ3n) is 3.89. The van der Waals surface area contributed by atoms with E-state index in [1.54, 1.807) is 0 Å². The molecule has 0 aliphatic rings. The molecular formula is C15H23NO2. The summed E-state index contributed by atoms with van der Waals surface area (Å²) in [6.45, 7) is 8.38. The molecule has 0 bridgehead atoms. The van der Waals surface area contributed by atoms with E-state index in [1.165, 1.54) is 22.3 Å². The first-order valence-electron chi connectivity index (χ1n) is 6.43. The summed E-state index contributed by atoms with van der Waals surface area (Å²) >= 11 is 0. The van der Waals surface area contributed by atoms with Crippen molar-refractivity contribution in [2.24, 2.45) is 5.73 Å². The molecule has 0 heterocycles. The largest absolute Gasteiger partial charge is 0.480 e. The number of aryl methyl sites for hydroxylation is 1. The maximum Gasteiger partial charge on any atom is 0.320 e. The van der Waals surface area contributed by atoms with E-state index < -0.39 is 12.0 Å². The minimum Gasteiger partial charge on any atom is -0.480 e. The minimum atomic E-state index is -0.921. The number of hydrogen-bond donors (Lipinski definition) is 2. The molecule has 0 aromatic heterocycles. The smallest absolute Gasteiger partial charge is 0.320 e. The van der Waals surface area contributed by atoms with E-state index in [-0.39, 0.29) is 5.92 Å². The van der Waals surface area contributed by atoms with E-state index >= 15 is 0 Å². The van der Waals surface area contributed by atoms with Crippen LogP contribution in [0.2, 0.25) is 0 Å². The SMILES string of the molecule is CCC(CC(N)C(=O)O)c1ccc(C)c(C)c1C. The Balaban J connectivity index is 3.03. The highest BCUT2D eigenvalue weighted by Gasteiger charge is 2.20. The fraction of sp³-hybridized carbons (Fsp3) is 0.533. The monoisotopic (exact) mass is 249 g/mol. The number of carboxylic acids is 1. The molecule has 0 amide bonds. The molecule has 18 heavy (non-hydrogen) atoms. The van der Waals surface area contributed by atoms with Crippen LogP contribution < -0.4 is 5.73 Å². The lowest BCUT2D eigenvalue weighted by atomic mass is 9.85. The van der Waals surface area contributed by atoms with Gasteiger partial charge in [-0.1, -0.05) is 19.1 Å². The summed E-state index contributed by atoms with van der Waals surface area (Å²) in [7, 11) is 0. The summed E-state index contributed by atoms with van der Waals surface area (Å²) < 4.78 is 0. The van der Waals surface area contributed by atoms with Gasteiger partial charge >= 0.3 is 5.97 Å². The van der Waals surface area contributed by atoms with Crippen molar-refractivity contribution in [3.63, 3.8) is 0 Å². The van der Waals surface area contributed by atoms with Crippen LogP contribution in [0, 0.1) is 20.8 Å². The summed E-state index contributed by atoms with van der Waals surface area (Å²) in [6, 6.07) is 3.43. The van der Waals surface area contributed by atoms with Gasteiger partial charge in [0.15, 0.2) is 0 Å². The minimum absolute atomic E-state index is 0.218. The van der Waals surface area contributed by atoms with Gasteiger partial charge in [0.25, 0.3) is 0 Å². The van der Waals surface area contributed by atoms with Crippen molar-refractivity contribution in [3.05, 3.63) is 34.4 Å². The highest BCUT2D eigenvalue weighted by atomic mass is 16.4. The molecule has 0 fully saturated rings. The standard InChI is InChI=1S/C15H23NO2/c1-5-12(8-14(16)15(17)18)13-7-6-9(2)10(3)11(13)4/h6-7,12,14H,5,8,16H2,1-4H3,(H,17,18). The average molecular weight is 249 g/mol. The Kier molecular flexibility index (Phi) is 4.91. The molecule has 100 valence electrons. The molecule has 0 aliphatic heterocycles. The lowest BCUT2D eigenvalue weighted by Gasteiger charge is -2.21. The van der Waals surface area contributed by atoms with Crippen LogP contribution in [-0.2, 0) is 4.79 Å². The Morgan fingerprint density at radius 3 is 2.39 bits per heavy atom. The van der Waals surface area contributed by atoms with E-state index in [4.69, 9.17) is 10.8 Å². The van der Waals surface area contributed by atoms with Crippen LogP contribution in [0.15, 0.2) is 12.1 Å². The first-order chi connectivity index (χ1) is 8.38. The maximum atomic E-state index is 10.9. The van der Waals surface area contributed by atoms with Crippen molar-refractivity contribution in [3.8, 4) is 0 Å². The number of carboxylic acid groups (broad SMARTS) is 1. The zero-order valence-electron chi connectivity index (χ0n) is 11.7. The lowest BCUT2D eigenvalue weighted by molar-refractivity contribution is -0.138. The van der Waals surface area contributed by atoms with Crippen LogP contribution in [0.5, 0.6) is 0 Å². The number of hydrogen-bond acceptors (Lipinski definition) is 2. The molecule has 0 saturated carbocycles. The Bertz CT molecular complexity index is 440. The average Bonchev–Trinajstić information content (AvgIpc) is 2.33.